The van der Waals surface area contributed by atoms with E-state index in [1.165, 1.54) is 5.01 Å². The summed E-state index contributed by atoms with van der Waals surface area (Å²) in [6.45, 7) is 4.25. The van der Waals surface area contributed by atoms with Crippen LogP contribution in [-0.2, 0) is 11.2 Å². The molecule has 0 radical (unpaired) electrons. The first-order valence-electron chi connectivity index (χ1n) is 11.1. The average Bonchev–Trinajstić information content (AvgIpc) is 2.98. The van der Waals surface area contributed by atoms with Crippen molar-refractivity contribution in [1.29, 1.82) is 0 Å². The lowest BCUT2D eigenvalue weighted by molar-refractivity contribution is 0.0905. The van der Waals surface area contributed by atoms with E-state index in [1.807, 2.05) is 38.1 Å². The van der Waals surface area contributed by atoms with Gasteiger partial charge in [0.25, 0.3) is 5.91 Å². The number of hydrazone groups is 1. The summed E-state index contributed by atoms with van der Waals surface area (Å²) in [4.78, 5) is 25.2. The van der Waals surface area contributed by atoms with Crippen molar-refractivity contribution in [1.82, 2.24) is 15.6 Å². The Kier molecular flexibility index (Phi) is 8.12. The van der Waals surface area contributed by atoms with Gasteiger partial charge < -0.3 is 24.8 Å². The van der Waals surface area contributed by atoms with Crippen LogP contribution in [0, 0.1) is 0 Å². The number of nitrogens with zero attached hydrogens (tertiary/aromatic N) is 2. The smallest absolute Gasteiger partial charge is 0.337 e. The second-order valence-electron chi connectivity index (χ2n) is 8.17. The van der Waals surface area contributed by atoms with Gasteiger partial charge in [-0.2, -0.15) is 5.10 Å². The van der Waals surface area contributed by atoms with E-state index in [1.54, 1.807) is 40.5 Å². The summed E-state index contributed by atoms with van der Waals surface area (Å²) in [5, 5.41) is 11.7. The molecule has 0 aliphatic carbocycles. The molecule has 2 aromatic rings. The SMILES string of the molecule is CNC(=O)N1N=C(c2ccc(C(=O)N[C@@H](C)COC)cc2)c2cc(OC)c(OC)cc2CC1C. The van der Waals surface area contributed by atoms with E-state index >= 15 is 0 Å². The number of urea groups is 1. The van der Waals surface area contributed by atoms with Gasteiger partial charge >= 0.3 is 6.03 Å². The van der Waals surface area contributed by atoms with Crippen LogP contribution < -0.4 is 20.1 Å². The highest BCUT2D eigenvalue weighted by molar-refractivity contribution is 6.15. The monoisotopic (exact) mass is 468 g/mol. The number of benzene rings is 2. The molecule has 0 aromatic heterocycles. The molecule has 1 aliphatic heterocycles. The van der Waals surface area contributed by atoms with Crippen LogP contribution in [0.25, 0.3) is 0 Å². The number of carbonyl (C=O) groups is 2. The fourth-order valence-corrected chi connectivity index (χ4v) is 3.93. The summed E-state index contributed by atoms with van der Waals surface area (Å²) in [6, 6.07) is 10.3. The molecular formula is C25H32N4O5. The van der Waals surface area contributed by atoms with Crippen LogP contribution in [0.4, 0.5) is 4.79 Å². The third-order valence-corrected chi connectivity index (χ3v) is 5.64. The molecule has 2 N–H and O–H groups in total. The summed E-state index contributed by atoms with van der Waals surface area (Å²) in [5.41, 5.74) is 3.69. The number of amides is 3. The van der Waals surface area contributed by atoms with E-state index in [4.69, 9.17) is 19.3 Å². The summed E-state index contributed by atoms with van der Waals surface area (Å²) >= 11 is 0. The first-order chi connectivity index (χ1) is 16.3. The number of carbonyl (C=O) groups excluding carboxylic acids is 2. The number of methoxy groups -OCH3 is 3. The minimum absolute atomic E-state index is 0.111. The highest BCUT2D eigenvalue weighted by Gasteiger charge is 2.28. The summed E-state index contributed by atoms with van der Waals surface area (Å²) in [7, 11) is 6.34. The Morgan fingerprint density at radius 1 is 1.12 bits per heavy atom. The fourth-order valence-electron chi connectivity index (χ4n) is 3.93. The molecular weight excluding hydrogens is 436 g/mol. The zero-order chi connectivity index (χ0) is 24.8. The number of rotatable bonds is 7. The Hall–Kier alpha value is -3.59. The van der Waals surface area contributed by atoms with Crippen molar-refractivity contribution in [3.05, 3.63) is 58.7 Å². The van der Waals surface area contributed by atoms with Gasteiger partial charge in [0.15, 0.2) is 11.5 Å². The Morgan fingerprint density at radius 3 is 2.35 bits per heavy atom. The van der Waals surface area contributed by atoms with Crippen LogP contribution in [0.1, 0.15) is 40.9 Å². The van der Waals surface area contributed by atoms with Gasteiger partial charge in [-0.1, -0.05) is 12.1 Å². The molecule has 1 aliphatic rings. The van der Waals surface area contributed by atoms with Gasteiger partial charge in [0.2, 0.25) is 0 Å². The fraction of sp³-hybridized carbons (Fsp3) is 0.400. The van der Waals surface area contributed by atoms with E-state index < -0.39 is 0 Å². The summed E-state index contributed by atoms with van der Waals surface area (Å²) in [5.74, 6) is 0.989. The molecule has 3 rings (SSSR count). The molecule has 9 heteroatoms. The normalized spacial score (nSPS) is 16.0. The van der Waals surface area contributed by atoms with Crippen molar-refractivity contribution < 1.29 is 23.8 Å². The number of fused-ring (bicyclic) bond motifs is 1. The lowest BCUT2D eigenvalue weighted by Crippen LogP contribution is -2.41. The van der Waals surface area contributed by atoms with Gasteiger partial charge in [0, 0.05) is 36.9 Å². The highest BCUT2D eigenvalue weighted by Crippen LogP contribution is 2.34. The highest BCUT2D eigenvalue weighted by atomic mass is 16.5. The first-order valence-corrected chi connectivity index (χ1v) is 11.1. The Morgan fingerprint density at radius 2 is 1.76 bits per heavy atom. The van der Waals surface area contributed by atoms with E-state index in [0.29, 0.717) is 35.8 Å². The second kappa shape index (κ2) is 11.0. The maximum absolute atomic E-state index is 12.6. The second-order valence-corrected chi connectivity index (χ2v) is 8.17. The summed E-state index contributed by atoms with van der Waals surface area (Å²) < 4.78 is 16.1. The van der Waals surface area contributed by atoms with Crippen LogP contribution in [0.3, 0.4) is 0 Å². The maximum atomic E-state index is 12.6. The Labute approximate surface area is 200 Å². The molecule has 2 aromatic carbocycles. The van der Waals surface area contributed by atoms with E-state index in [0.717, 1.165) is 16.7 Å². The van der Waals surface area contributed by atoms with Crippen LogP contribution in [0.2, 0.25) is 0 Å². The lowest BCUT2D eigenvalue weighted by atomic mass is 9.93. The van der Waals surface area contributed by atoms with Crippen LogP contribution in [-0.4, -0.2) is 69.7 Å². The molecule has 9 nitrogen and oxygen atoms in total. The zero-order valence-corrected chi connectivity index (χ0v) is 20.5. The van der Waals surface area contributed by atoms with Gasteiger partial charge in [-0.3, -0.25) is 4.79 Å². The third-order valence-electron chi connectivity index (χ3n) is 5.64. The first kappa shape index (κ1) is 25.0. The average molecular weight is 469 g/mol. The van der Waals surface area contributed by atoms with E-state index in [-0.39, 0.29) is 24.0 Å². The summed E-state index contributed by atoms with van der Waals surface area (Å²) in [6.07, 6.45) is 0.577. The minimum atomic E-state index is -0.306. The topological polar surface area (TPSA) is 101 Å². The molecule has 2 atom stereocenters. The van der Waals surface area contributed by atoms with Gasteiger partial charge in [0.05, 0.1) is 32.6 Å². The van der Waals surface area contributed by atoms with Gasteiger partial charge in [-0.15, -0.1) is 0 Å². The van der Waals surface area contributed by atoms with Crippen molar-refractivity contribution in [3.63, 3.8) is 0 Å². The van der Waals surface area contributed by atoms with Gasteiger partial charge in [0.1, 0.15) is 0 Å². The van der Waals surface area contributed by atoms with Gasteiger partial charge in [-0.25, -0.2) is 9.80 Å². The standard InChI is InChI=1S/C25H32N4O5/c1-15(14-32-4)27-24(30)18-9-7-17(8-10-18)23-20-13-22(34-6)21(33-5)12-19(20)11-16(2)29(28-23)25(31)26-3/h7-10,12-13,15-16H,11,14H2,1-6H3,(H,26,31)(H,27,30)/t15-,16?/m0/s1. The molecule has 0 fully saturated rings. The van der Waals surface area contributed by atoms with Crippen LogP contribution in [0.5, 0.6) is 11.5 Å². The zero-order valence-electron chi connectivity index (χ0n) is 20.5. The van der Waals surface area contributed by atoms with Crippen LogP contribution in [0.15, 0.2) is 41.5 Å². The maximum Gasteiger partial charge on any atom is 0.337 e. The molecule has 1 unspecified atom stereocenters. The molecule has 0 saturated heterocycles. The lowest BCUT2D eigenvalue weighted by Gasteiger charge is -2.22. The molecule has 182 valence electrons. The molecule has 3 amide bonds. The molecule has 0 bridgehead atoms. The number of hydrogen-bond acceptors (Lipinski definition) is 6. The van der Waals surface area contributed by atoms with Crippen molar-refractivity contribution in [3.8, 4) is 11.5 Å². The predicted molar refractivity (Wildman–Crippen MR) is 130 cm³/mol. The van der Waals surface area contributed by atoms with E-state index in [2.05, 4.69) is 10.6 Å². The quantitative estimate of drug-likeness (QED) is 0.651. The number of hydrogen-bond donors (Lipinski definition) is 2. The number of nitrogens with one attached hydrogen (secondary N) is 2. The Bertz CT molecular complexity index is 1070. The minimum Gasteiger partial charge on any atom is -0.493 e. The molecule has 0 saturated carbocycles. The van der Waals surface area contributed by atoms with Crippen molar-refractivity contribution >= 4 is 17.6 Å². The largest absolute Gasteiger partial charge is 0.493 e. The molecule has 0 spiro atoms. The van der Waals surface area contributed by atoms with E-state index in [9.17, 15) is 9.59 Å². The molecule has 1 heterocycles. The predicted octanol–water partition coefficient (Wildman–Crippen LogP) is 2.81. The Balaban J connectivity index is 2.06. The molecule has 34 heavy (non-hydrogen) atoms. The number of ether oxygens (including phenoxy) is 3. The van der Waals surface area contributed by atoms with Gasteiger partial charge in [-0.05, 0) is 50.1 Å². The van der Waals surface area contributed by atoms with Crippen molar-refractivity contribution in [2.75, 3.05) is 35.0 Å². The third kappa shape index (κ3) is 5.31. The van der Waals surface area contributed by atoms with Crippen LogP contribution >= 0.6 is 0 Å². The van der Waals surface area contributed by atoms with Crippen molar-refractivity contribution in [2.45, 2.75) is 32.4 Å². The van der Waals surface area contributed by atoms with Crippen molar-refractivity contribution in [2.24, 2.45) is 5.10 Å².